The molecule has 0 fully saturated rings. The summed E-state index contributed by atoms with van der Waals surface area (Å²) in [5, 5.41) is 5.68. The third-order valence-electron chi connectivity index (χ3n) is 3.73. The standard InChI is InChI=1S/C19H20N4O2S2/c1-13-10-17(25)23(11-16(24)22-18-20-14(2)12-27-18)19(21-13)26-9-8-15-6-4-3-5-7-15/h3-7,10,12H,8-9,11H2,1-2H3,(H,20,22,24). The van der Waals surface area contributed by atoms with E-state index in [1.807, 2.05) is 30.5 Å². The maximum atomic E-state index is 12.4. The Bertz CT molecular complexity index is 983. The number of nitrogens with zero attached hydrogens (tertiary/aromatic N) is 3. The summed E-state index contributed by atoms with van der Waals surface area (Å²) < 4.78 is 1.42. The number of benzene rings is 1. The van der Waals surface area contributed by atoms with Crippen LogP contribution in [0.3, 0.4) is 0 Å². The van der Waals surface area contributed by atoms with Crippen molar-refractivity contribution in [3.05, 3.63) is 69.1 Å². The zero-order valence-electron chi connectivity index (χ0n) is 15.1. The lowest BCUT2D eigenvalue weighted by Gasteiger charge is -2.12. The van der Waals surface area contributed by atoms with Crippen LogP contribution < -0.4 is 10.9 Å². The summed E-state index contributed by atoms with van der Waals surface area (Å²) in [6.07, 6.45) is 0.861. The minimum atomic E-state index is -0.290. The van der Waals surface area contributed by atoms with Crippen molar-refractivity contribution in [3.63, 3.8) is 0 Å². The lowest BCUT2D eigenvalue weighted by molar-refractivity contribution is -0.116. The average Bonchev–Trinajstić information content (AvgIpc) is 3.03. The smallest absolute Gasteiger partial charge is 0.254 e. The first-order valence-electron chi connectivity index (χ1n) is 8.48. The number of carbonyl (C=O) groups is 1. The normalized spacial score (nSPS) is 10.7. The first kappa shape index (κ1) is 19.3. The Morgan fingerprint density at radius 3 is 2.67 bits per heavy atom. The molecule has 0 aliphatic carbocycles. The summed E-state index contributed by atoms with van der Waals surface area (Å²) in [6, 6.07) is 11.6. The molecule has 3 aromatic rings. The molecule has 1 amide bonds. The van der Waals surface area contributed by atoms with Crippen molar-refractivity contribution in [1.82, 2.24) is 14.5 Å². The highest BCUT2D eigenvalue weighted by molar-refractivity contribution is 7.99. The summed E-state index contributed by atoms with van der Waals surface area (Å²) in [4.78, 5) is 33.4. The minimum absolute atomic E-state index is 0.0849. The predicted molar refractivity (Wildman–Crippen MR) is 110 cm³/mol. The van der Waals surface area contributed by atoms with Crippen molar-refractivity contribution in [3.8, 4) is 0 Å². The third-order valence-corrected chi connectivity index (χ3v) is 5.59. The molecule has 0 spiro atoms. The highest BCUT2D eigenvalue weighted by Gasteiger charge is 2.13. The van der Waals surface area contributed by atoms with E-state index in [9.17, 15) is 9.59 Å². The molecule has 0 saturated heterocycles. The largest absolute Gasteiger partial charge is 0.300 e. The topological polar surface area (TPSA) is 76.9 Å². The first-order valence-corrected chi connectivity index (χ1v) is 10.3. The van der Waals surface area contributed by atoms with Crippen molar-refractivity contribution in [2.45, 2.75) is 32.0 Å². The number of aromatic nitrogens is 3. The summed E-state index contributed by atoms with van der Waals surface area (Å²) in [6.45, 7) is 3.56. The summed E-state index contributed by atoms with van der Waals surface area (Å²) in [5.41, 5.74) is 2.50. The van der Waals surface area contributed by atoms with Crippen LogP contribution >= 0.6 is 23.1 Å². The number of rotatable bonds is 7. The van der Waals surface area contributed by atoms with Gasteiger partial charge in [-0.3, -0.25) is 14.2 Å². The van der Waals surface area contributed by atoms with E-state index in [-0.39, 0.29) is 18.0 Å². The maximum Gasteiger partial charge on any atom is 0.254 e. The molecule has 0 atom stereocenters. The molecule has 0 unspecified atom stereocenters. The number of thioether (sulfide) groups is 1. The van der Waals surface area contributed by atoms with E-state index < -0.39 is 0 Å². The second-order valence-corrected chi connectivity index (χ2v) is 7.95. The molecule has 1 N–H and O–H groups in total. The number of thiazole rings is 1. The number of hydrogen-bond donors (Lipinski definition) is 1. The number of hydrogen-bond acceptors (Lipinski definition) is 6. The van der Waals surface area contributed by atoms with E-state index >= 15 is 0 Å². The van der Waals surface area contributed by atoms with E-state index in [2.05, 4.69) is 27.4 Å². The third kappa shape index (κ3) is 5.51. The molecular formula is C19H20N4O2S2. The van der Waals surface area contributed by atoms with E-state index in [1.165, 1.54) is 39.3 Å². The van der Waals surface area contributed by atoms with Crippen LogP contribution in [0.1, 0.15) is 17.0 Å². The molecule has 2 heterocycles. The maximum absolute atomic E-state index is 12.4. The lowest BCUT2D eigenvalue weighted by Crippen LogP contribution is -2.29. The summed E-state index contributed by atoms with van der Waals surface area (Å²) in [5.74, 6) is 0.481. The lowest BCUT2D eigenvalue weighted by atomic mass is 10.2. The fourth-order valence-electron chi connectivity index (χ4n) is 2.47. The molecule has 0 aliphatic rings. The Balaban J connectivity index is 1.70. The molecule has 0 radical (unpaired) electrons. The predicted octanol–water partition coefficient (Wildman–Crippen LogP) is 3.29. The fourth-order valence-corrected chi connectivity index (χ4v) is 4.21. The van der Waals surface area contributed by atoms with Gasteiger partial charge in [0.05, 0.1) is 5.69 Å². The van der Waals surface area contributed by atoms with Crippen LogP contribution in [-0.2, 0) is 17.8 Å². The van der Waals surface area contributed by atoms with Crippen LogP contribution in [0.2, 0.25) is 0 Å². The Morgan fingerprint density at radius 2 is 1.96 bits per heavy atom. The number of nitrogens with one attached hydrogen (secondary N) is 1. The van der Waals surface area contributed by atoms with Crippen LogP contribution in [0.5, 0.6) is 0 Å². The van der Waals surface area contributed by atoms with Gasteiger partial charge in [0, 0.05) is 22.9 Å². The van der Waals surface area contributed by atoms with Crippen molar-refractivity contribution in [1.29, 1.82) is 0 Å². The summed E-state index contributed by atoms with van der Waals surface area (Å²) >= 11 is 2.84. The SMILES string of the molecule is Cc1csc(NC(=O)Cn2c(SCCc3ccccc3)nc(C)cc2=O)n1. The van der Waals surface area contributed by atoms with Crippen LogP contribution in [0, 0.1) is 13.8 Å². The highest BCUT2D eigenvalue weighted by atomic mass is 32.2. The second-order valence-electron chi connectivity index (χ2n) is 6.03. The minimum Gasteiger partial charge on any atom is -0.300 e. The molecule has 1 aromatic carbocycles. The Morgan fingerprint density at radius 1 is 1.19 bits per heavy atom. The van der Waals surface area contributed by atoms with Gasteiger partial charge in [-0.25, -0.2) is 9.97 Å². The van der Waals surface area contributed by atoms with Gasteiger partial charge in [0.1, 0.15) is 6.54 Å². The van der Waals surface area contributed by atoms with Crippen LogP contribution in [-0.4, -0.2) is 26.2 Å². The van der Waals surface area contributed by atoms with Gasteiger partial charge in [-0.1, -0.05) is 42.1 Å². The van der Waals surface area contributed by atoms with Gasteiger partial charge in [0.15, 0.2) is 10.3 Å². The zero-order chi connectivity index (χ0) is 19.2. The number of amides is 1. The van der Waals surface area contributed by atoms with E-state index in [0.29, 0.717) is 16.0 Å². The Hall–Kier alpha value is -2.45. The van der Waals surface area contributed by atoms with Gasteiger partial charge >= 0.3 is 0 Å². The molecule has 140 valence electrons. The van der Waals surface area contributed by atoms with Crippen molar-refractivity contribution in [2.24, 2.45) is 0 Å². The molecule has 8 heteroatoms. The Kier molecular flexibility index (Phi) is 6.41. The van der Waals surface area contributed by atoms with Crippen molar-refractivity contribution < 1.29 is 4.79 Å². The average molecular weight is 401 g/mol. The molecule has 0 bridgehead atoms. The molecule has 27 heavy (non-hydrogen) atoms. The molecule has 3 rings (SSSR count). The number of carbonyl (C=O) groups excluding carboxylic acids is 1. The van der Waals surface area contributed by atoms with Gasteiger partial charge in [0.2, 0.25) is 5.91 Å². The van der Waals surface area contributed by atoms with Crippen LogP contribution in [0.15, 0.2) is 51.7 Å². The number of anilines is 1. The van der Waals surface area contributed by atoms with E-state index in [4.69, 9.17) is 0 Å². The monoisotopic (exact) mass is 400 g/mol. The van der Waals surface area contributed by atoms with E-state index in [0.717, 1.165) is 17.9 Å². The molecular weight excluding hydrogens is 380 g/mol. The molecule has 2 aromatic heterocycles. The van der Waals surface area contributed by atoms with Gasteiger partial charge in [0.25, 0.3) is 5.56 Å². The fraction of sp³-hybridized carbons (Fsp3) is 0.263. The molecule has 6 nitrogen and oxygen atoms in total. The number of aryl methyl sites for hydroxylation is 3. The van der Waals surface area contributed by atoms with Gasteiger partial charge < -0.3 is 5.32 Å². The molecule has 0 saturated carbocycles. The van der Waals surface area contributed by atoms with Crippen molar-refractivity contribution in [2.75, 3.05) is 11.1 Å². The first-order chi connectivity index (χ1) is 13.0. The van der Waals surface area contributed by atoms with Gasteiger partial charge in [-0.05, 0) is 25.8 Å². The highest BCUT2D eigenvalue weighted by Crippen LogP contribution is 2.18. The van der Waals surface area contributed by atoms with Gasteiger partial charge in [-0.2, -0.15) is 0 Å². The molecule has 0 aliphatic heterocycles. The van der Waals surface area contributed by atoms with Gasteiger partial charge in [-0.15, -0.1) is 11.3 Å². The summed E-state index contributed by atoms with van der Waals surface area (Å²) in [7, 11) is 0. The van der Waals surface area contributed by atoms with Crippen LogP contribution in [0.25, 0.3) is 0 Å². The zero-order valence-corrected chi connectivity index (χ0v) is 16.8. The van der Waals surface area contributed by atoms with Crippen molar-refractivity contribution >= 4 is 34.1 Å². The van der Waals surface area contributed by atoms with E-state index in [1.54, 1.807) is 6.92 Å². The quantitative estimate of drug-likeness (QED) is 0.486. The Labute approximate surface area is 165 Å². The second kappa shape index (κ2) is 8.96. The van der Waals surface area contributed by atoms with Crippen LogP contribution in [0.4, 0.5) is 5.13 Å².